The Morgan fingerprint density at radius 3 is 2.10 bits per heavy atom. The average Bonchev–Trinajstić information content (AvgIpc) is 2.38. The summed E-state index contributed by atoms with van der Waals surface area (Å²) in [6.07, 6.45) is 1.68. The molecule has 0 saturated carbocycles. The maximum Gasteiger partial charge on any atom is 0.217 e. The Kier molecular flexibility index (Phi) is 6.43. The van der Waals surface area contributed by atoms with Crippen LogP contribution in [0.3, 0.4) is 0 Å². The first-order chi connectivity index (χ1) is 9.28. The molecule has 6 nitrogen and oxygen atoms in total. The molecule has 0 bridgehead atoms. The fourth-order valence-electron chi connectivity index (χ4n) is 2.67. The highest BCUT2D eigenvalue weighted by atomic mass is 32.2. The van der Waals surface area contributed by atoms with Crippen LogP contribution in [0.15, 0.2) is 0 Å². The number of aliphatic hydroxyl groups excluding tert-OH is 1. The molecule has 120 valence electrons. The maximum atomic E-state index is 12.7. The van der Waals surface area contributed by atoms with Crippen molar-refractivity contribution in [3.8, 4) is 0 Å². The lowest BCUT2D eigenvalue weighted by atomic mass is 10.2. The van der Waals surface area contributed by atoms with Crippen molar-refractivity contribution in [1.29, 1.82) is 0 Å². The van der Waals surface area contributed by atoms with E-state index in [0.29, 0.717) is 12.8 Å². The molecule has 1 saturated heterocycles. The molecular weight excluding hydrogens is 302 g/mol. The zero-order chi connectivity index (χ0) is 15.4. The Hall–Kier alpha value is -0.180. The van der Waals surface area contributed by atoms with Gasteiger partial charge in [0.15, 0.2) is 0 Å². The van der Waals surface area contributed by atoms with Crippen molar-refractivity contribution in [3.05, 3.63) is 0 Å². The van der Waals surface area contributed by atoms with E-state index in [-0.39, 0.29) is 43.5 Å². The Labute approximate surface area is 122 Å². The van der Waals surface area contributed by atoms with Crippen molar-refractivity contribution >= 4 is 19.9 Å². The molecule has 0 amide bonds. The standard InChI is InChI=1S/C12H25NO5S2/c1-3-11(4-2)13(7-8-14)20(17,18)12-5-9-19(15,16)10-6-12/h11-12,14H,3-10H2,1-2H3. The van der Waals surface area contributed by atoms with Crippen LogP contribution < -0.4 is 0 Å². The summed E-state index contributed by atoms with van der Waals surface area (Å²) in [6, 6.07) is -0.134. The molecule has 0 aromatic rings. The van der Waals surface area contributed by atoms with Gasteiger partial charge in [-0.2, -0.15) is 4.31 Å². The number of hydrogen-bond acceptors (Lipinski definition) is 5. The van der Waals surface area contributed by atoms with Crippen LogP contribution in [0.4, 0.5) is 0 Å². The number of nitrogens with zero attached hydrogens (tertiary/aromatic N) is 1. The molecule has 0 unspecified atom stereocenters. The van der Waals surface area contributed by atoms with Crippen molar-refractivity contribution in [2.45, 2.75) is 50.8 Å². The average molecular weight is 327 g/mol. The van der Waals surface area contributed by atoms with Gasteiger partial charge >= 0.3 is 0 Å². The number of sulfonamides is 1. The molecule has 8 heteroatoms. The monoisotopic (exact) mass is 327 g/mol. The van der Waals surface area contributed by atoms with E-state index < -0.39 is 25.1 Å². The first-order valence-electron chi connectivity index (χ1n) is 7.10. The summed E-state index contributed by atoms with van der Waals surface area (Å²) in [7, 11) is -6.63. The molecular formula is C12H25NO5S2. The van der Waals surface area contributed by atoms with Crippen LogP contribution >= 0.6 is 0 Å². The lowest BCUT2D eigenvalue weighted by molar-refractivity contribution is 0.218. The smallest absolute Gasteiger partial charge is 0.217 e. The zero-order valence-electron chi connectivity index (χ0n) is 12.2. The van der Waals surface area contributed by atoms with Crippen molar-refractivity contribution in [2.24, 2.45) is 0 Å². The van der Waals surface area contributed by atoms with E-state index >= 15 is 0 Å². The predicted molar refractivity (Wildman–Crippen MR) is 78.8 cm³/mol. The van der Waals surface area contributed by atoms with Crippen molar-refractivity contribution in [2.75, 3.05) is 24.7 Å². The van der Waals surface area contributed by atoms with Crippen LogP contribution in [0.1, 0.15) is 39.5 Å². The first-order valence-corrected chi connectivity index (χ1v) is 10.4. The second-order valence-corrected chi connectivity index (χ2v) is 9.67. The second-order valence-electron chi connectivity index (χ2n) is 5.20. The van der Waals surface area contributed by atoms with Gasteiger partial charge in [-0.3, -0.25) is 0 Å². The Morgan fingerprint density at radius 2 is 1.70 bits per heavy atom. The molecule has 1 aliphatic rings. The fraction of sp³-hybridized carbons (Fsp3) is 1.00. The molecule has 1 aliphatic heterocycles. The number of hydrogen-bond donors (Lipinski definition) is 1. The summed E-state index contributed by atoms with van der Waals surface area (Å²) in [6.45, 7) is 3.69. The molecule has 1 fully saturated rings. The summed E-state index contributed by atoms with van der Waals surface area (Å²) in [4.78, 5) is 0. The molecule has 1 N–H and O–H groups in total. The highest BCUT2D eigenvalue weighted by Crippen LogP contribution is 2.25. The van der Waals surface area contributed by atoms with Gasteiger partial charge in [-0.05, 0) is 25.7 Å². The van der Waals surface area contributed by atoms with Gasteiger partial charge in [-0.25, -0.2) is 16.8 Å². The van der Waals surface area contributed by atoms with Gasteiger partial charge < -0.3 is 5.11 Å². The molecule has 0 aliphatic carbocycles. The first kappa shape index (κ1) is 17.9. The van der Waals surface area contributed by atoms with E-state index in [1.54, 1.807) is 0 Å². The van der Waals surface area contributed by atoms with E-state index in [2.05, 4.69) is 0 Å². The fourth-order valence-corrected chi connectivity index (χ4v) is 6.72. The number of aliphatic hydroxyl groups is 1. The van der Waals surface area contributed by atoms with Crippen LogP contribution in [0, 0.1) is 0 Å². The highest BCUT2D eigenvalue weighted by Gasteiger charge is 2.38. The summed E-state index contributed by atoms with van der Waals surface area (Å²) in [5, 5.41) is 8.48. The van der Waals surface area contributed by atoms with Crippen LogP contribution in [0.25, 0.3) is 0 Å². The van der Waals surface area contributed by atoms with Gasteiger partial charge in [0.05, 0.1) is 23.4 Å². The number of sulfone groups is 1. The van der Waals surface area contributed by atoms with Crippen LogP contribution in [0.2, 0.25) is 0 Å². The van der Waals surface area contributed by atoms with Gasteiger partial charge in [0.25, 0.3) is 0 Å². The predicted octanol–water partition coefficient (Wildman–Crippen LogP) is 0.376. The van der Waals surface area contributed by atoms with Crippen molar-refractivity contribution in [1.82, 2.24) is 4.31 Å². The van der Waals surface area contributed by atoms with Crippen LogP contribution in [-0.4, -0.2) is 62.2 Å². The normalized spacial score (nSPS) is 20.6. The maximum absolute atomic E-state index is 12.7. The zero-order valence-corrected chi connectivity index (χ0v) is 13.8. The van der Waals surface area contributed by atoms with Gasteiger partial charge in [0.1, 0.15) is 9.84 Å². The van der Waals surface area contributed by atoms with Gasteiger partial charge in [-0.15, -0.1) is 0 Å². The summed E-state index contributed by atoms with van der Waals surface area (Å²) in [5.74, 6) is -0.125. The molecule has 0 atom stereocenters. The molecule has 0 radical (unpaired) electrons. The van der Waals surface area contributed by atoms with E-state index in [9.17, 15) is 16.8 Å². The van der Waals surface area contributed by atoms with E-state index in [1.165, 1.54) is 4.31 Å². The molecule has 1 heterocycles. The lowest BCUT2D eigenvalue weighted by Gasteiger charge is -2.34. The van der Waals surface area contributed by atoms with Crippen LogP contribution in [-0.2, 0) is 19.9 Å². The molecule has 20 heavy (non-hydrogen) atoms. The molecule has 0 aromatic carbocycles. The third-order valence-electron chi connectivity index (χ3n) is 3.92. The highest BCUT2D eigenvalue weighted by molar-refractivity contribution is 7.92. The lowest BCUT2D eigenvalue weighted by Crippen LogP contribution is -2.48. The Bertz CT molecular complexity index is 482. The minimum Gasteiger partial charge on any atom is -0.395 e. The van der Waals surface area contributed by atoms with Crippen molar-refractivity contribution in [3.63, 3.8) is 0 Å². The summed E-state index contributed by atoms with van der Waals surface area (Å²) < 4.78 is 49.5. The van der Waals surface area contributed by atoms with E-state index in [1.807, 2.05) is 13.8 Å². The van der Waals surface area contributed by atoms with E-state index in [4.69, 9.17) is 5.11 Å². The largest absolute Gasteiger partial charge is 0.395 e. The Balaban J connectivity index is 2.93. The van der Waals surface area contributed by atoms with Gasteiger partial charge in [-0.1, -0.05) is 13.8 Å². The quantitative estimate of drug-likeness (QED) is 0.730. The Morgan fingerprint density at radius 1 is 1.20 bits per heavy atom. The summed E-state index contributed by atoms with van der Waals surface area (Å²) in [5.41, 5.74) is 0. The minimum atomic E-state index is -3.55. The van der Waals surface area contributed by atoms with Gasteiger partial charge in [0, 0.05) is 12.6 Å². The van der Waals surface area contributed by atoms with Gasteiger partial charge in [0.2, 0.25) is 10.0 Å². The van der Waals surface area contributed by atoms with Crippen LogP contribution in [0.5, 0.6) is 0 Å². The SMILES string of the molecule is CCC(CC)N(CCO)S(=O)(=O)C1CCS(=O)(=O)CC1. The third-order valence-corrected chi connectivity index (χ3v) is 8.08. The second kappa shape index (κ2) is 7.20. The molecule has 1 rings (SSSR count). The number of rotatable bonds is 7. The molecule has 0 spiro atoms. The summed E-state index contributed by atoms with van der Waals surface area (Å²) >= 11 is 0. The van der Waals surface area contributed by atoms with E-state index in [0.717, 1.165) is 0 Å². The minimum absolute atomic E-state index is 0.0627. The molecule has 0 aromatic heterocycles. The topological polar surface area (TPSA) is 91.8 Å². The third kappa shape index (κ3) is 4.16. The van der Waals surface area contributed by atoms with Crippen molar-refractivity contribution < 1.29 is 21.9 Å².